The van der Waals surface area contributed by atoms with Crippen molar-refractivity contribution in [3.8, 4) is 6.07 Å². The third-order valence-corrected chi connectivity index (χ3v) is 2.53. The number of carboxylic acids is 1. The molecular weight excluding hydrogens is 269 g/mol. The first-order chi connectivity index (χ1) is 6.54. The Bertz CT molecular complexity index is 426. The van der Waals surface area contributed by atoms with Crippen LogP contribution >= 0.6 is 27.5 Å². The summed E-state index contributed by atoms with van der Waals surface area (Å²) in [7, 11) is 0. The van der Waals surface area contributed by atoms with Crippen LogP contribution in [0.25, 0.3) is 0 Å². The Balaban J connectivity index is 3.27. The average Bonchev–Trinajstić information content (AvgIpc) is 2.08. The second-order valence-electron chi connectivity index (χ2n) is 2.60. The van der Waals surface area contributed by atoms with Crippen molar-refractivity contribution in [1.82, 2.24) is 0 Å². The fourth-order valence-electron chi connectivity index (χ4n) is 1.03. The molecule has 0 aliphatic rings. The molecule has 0 fully saturated rings. The van der Waals surface area contributed by atoms with E-state index in [0.717, 1.165) is 0 Å². The Kier molecular flexibility index (Phi) is 3.50. The quantitative estimate of drug-likeness (QED) is 0.901. The van der Waals surface area contributed by atoms with Gasteiger partial charge < -0.3 is 5.11 Å². The molecule has 0 atom stereocenters. The van der Waals surface area contributed by atoms with E-state index in [9.17, 15) is 4.79 Å². The Labute approximate surface area is 94.0 Å². The minimum Gasteiger partial charge on any atom is -0.481 e. The highest BCUT2D eigenvalue weighted by atomic mass is 79.9. The van der Waals surface area contributed by atoms with Gasteiger partial charge in [-0.3, -0.25) is 4.79 Å². The van der Waals surface area contributed by atoms with E-state index in [1.807, 2.05) is 6.07 Å². The molecule has 0 spiro atoms. The number of nitriles is 1. The maximum Gasteiger partial charge on any atom is 0.307 e. The van der Waals surface area contributed by atoms with Crippen molar-refractivity contribution in [2.45, 2.75) is 6.42 Å². The molecule has 5 heteroatoms. The summed E-state index contributed by atoms with van der Waals surface area (Å²) in [4.78, 5) is 10.5. The van der Waals surface area contributed by atoms with E-state index in [1.54, 1.807) is 6.07 Å². The molecule has 14 heavy (non-hydrogen) atoms. The molecule has 3 nitrogen and oxygen atoms in total. The molecule has 1 N–H and O–H groups in total. The van der Waals surface area contributed by atoms with Crippen LogP contribution in [0.1, 0.15) is 11.1 Å². The van der Waals surface area contributed by atoms with Gasteiger partial charge in [-0.15, -0.1) is 0 Å². The standard InChI is InChI=1S/C9H5BrClNO2/c10-8-2-6(11)1-5(4-12)7(8)3-9(13)14/h1-2H,3H2,(H,13,14). The first-order valence-electron chi connectivity index (χ1n) is 3.64. The van der Waals surface area contributed by atoms with Gasteiger partial charge in [0.15, 0.2) is 0 Å². The van der Waals surface area contributed by atoms with E-state index in [0.29, 0.717) is 15.1 Å². The smallest absolute Gasteiger partial charge is 0.307 e. The fraction of sp³-hybridized carbons (Fsp3) is 0.111. The van der Waals surface area contributed by atoms with E-state index >= 15 is 0 Å². The highest BCUT2D eigenvalue weighted by Gasteiger charge is 2.11. The number of halogens is 2. The van der Waals surface area contributed by atoms with Crippen LogP contribution in [0.4, 0.5) is 0 Å². The molecule has 0 heterocycles. The van der Waals surface area contributed by atoms with Crippen molar-refractivity contribution in [2.75, 3.05) is 0 Å². The van der Waals surface area contributed by atoms with Crippen LogP contribution in [0.2, 0.25) is 5.02 Å². The second kappa shape index (κ2) is 4.45. The third kappa shape index (κ3) is 2.47. The minimum absolute atomic E-state index is 0.194. The number of rotatable bonds is 2. The van der Waals surface area contributed by atoms with Crippen LogP contribution in [-0.4, -0.2) is 11.1 Å². The van der Waals surface area contributed by atoms with Gasteiger partial charge in [-0.1, -0.05) is 27.5 Å². The summed E-state index contributed by atoms with van der Waals surface area (Å²) in [6.07, 6.45) is -0.194. The number of benzene rings is 1. The molecule has 1 aromatic rings. The van der Waals surface area contributed by atoms with Crippen molar-refractivity contribution in [3.05, 3.63) is 32.8 Å². The summed E-state index contributed by atoms with van der Waals surface area (Å²) in [5, 5.41) is 17.8. The molecular formula is C9H5BrClNO2. The van der Waals surface area contributed by atoms with Crippen LogP contribution < -0.4 is 0 Å². The van der Waals surface area contributed by atoms with Gasteiger partial charge in [-0.25, -0.2) is 0 Å². The van der Waals surface area contributed by atoms with Gasteiger partial charge in [-0.05, 0) is 17.7 Å². The van der Waals surface area contributed by atoms with Crippen LogP contribution in [-0.2, 0) is 11.2 Å². The summed E-state index contributed by atoms with van der Waals surface area (Å²) in [5.41, 5.74) is 0.733. The number of carboxylic acid groups (broad SMARTS) is 1. The fourth-order valence-corrected chi connectivity index (χ4v) is 1.98. The predicted octanol–water partition coefficient (Wildman–Crippen LogP) is 2.60. The highest BCUT2D eigenvalue weighted by Crippen LogP contribution is 2.25. The lowest BCUT2D eigenvalue weighted by Crippen LogP contribution is -2.03. The molecule has 0 bridgehead atoms. The molecule has 72 valence electrons. The lowest BCUT2D eigenvalue weighted by atomic mass is 10.1. The number of hydrogen-bond acceptors (Lipinski definition) is 2. The average molecular weight is 275 g/mol. The van der Waals surface area contributed by atoms with E-state index in [2.05, 4.69) is 15.9 Å². The van der Waals surface area contributed by atoms with Crippen LogP contribution in [0.5, 0.6) is 0 Å². The number of hydrogen-bond donors (Lipinski definition) is 1. The highest BCUT2D eigenvalue weighted by molar-refractivity contribution is 9.10. The number of nitrogens with zero attached hydrogens (tertiary/aromatic N) is 1. The summed E-state index contributed by atoms with van der Waals surface area (Å²) in [6, 6.07) is 4.92. The van der Waals surface area contributed by atoms with Crippen molar-refractivity contribution in [3.63, 3.8) is 0 Å². The molecule has 0 unspecified atom stereocenters. The molecule has 0 aromatic heterocycles. The van der Waals surface area contributed by atoms with Crippen molar-refractivity contribution >= 4 is 33.5 Å². The third-order valence-electron chi connectivity index (χ3n) is 1.61. The Morgan fingerprint density at radius 2 is 2.29 bits per heavy atom. The van der Waals surface area contributed by atoms with Crippen molar-refractivity contribution in [1.29, 1.82) is 5.26 Å². The van der Waals surface area contributed by atoms with Crippen LogP contribution in [0, 0.1) is 11.3 Å². The van der Waals surface area contributed by atoms with Crippen molar-refractivity contribution in [2.24, 2.45) is 0 Å². The maximum absolute atomic E-state index is 10.5. The molecule has 0 amide bonds. The SMILES string of the molecule is N#Cc1cc(Cl)cc(Br)c1CC(=O)O. The van der Waals surface area contributed by atoms with Gasteiger partial charge in [0, 0.05) is 9.50 Å². The predicted molar refractivity (Wildman–Crippen MR) is 55.2 cm³/mol. The molecule has 0 aliphatic heterocycles. The van der Waals surface area contributed by atoms with E-state index in [1.165, 1.54) is 6.07 Å². The van der Waals surface area contributed by atoms with Gasteiger partial charge in [0.25, 0.3) is 0 Å². The first-order valence-corrected chi connectivity index (χ1v) is 4.81. The minimum atomic E-state index is -0.982. The number of carbonyl (C=O) groups is 1. The van der Waals surface area contributed by atoms with Gasteiger partial charge in [0.2, 0.25) is 0 Å². The summed E-state index contributed by atoms with van der Waals surface area (Å²) < 4.78 is 0.545. The van der Waals surface area contributed by atoms with Crippen LogP contribution in [0.15, 0.2) is 16.6 Å². The largest absolute Gasteiger partial charge is 0.481 e. The van der Waals surface area contributed by atoms with Gasteiger partial charge in [-0.2, -0.15) is 5.26 Å². The Hall–Kier alpha value is -1.05. The van der Waals surface area contributed by atoms with Gasteiger partial charge in [0.05, 0.1) is 18.1 Å². The van der Waals surface area contributed by atoms with E-state index < -0.39 is 5.97 Å². The normalized spacial score (nSPS) is 9.50. The maximum atomic E-state index is 10.5. The zero-order valence-electron chi connectivity index (χ0n) is 6.92. The second-order valence-corrected chi connectivity index (χ2v) is 3.89. The van der Waals surface area contributed by atoms with Crippen molar-refractivity contribution < 1.29 is 9.90 Å². The molecule has 0 saturated carbocycles. The van der Waals surface area contributed by atoms with Gasteiger partial charge >= 0.3 is 5.97 Å². The summed E-state index contributed by atoms with van der Waals surface area (Å²) >= 11 is 8.88. The summed E-state index contributed by atoms with van der Waals surface area (Å²) in [6.45, 7) is 0. The number of aliphatic carboxylic acids is 1. The molecule has 0 saturated heterocycles. The monoisotopic (exact) mass is 273 g/mol. The summed E-state index contributed by atoms with van der Waals surface area (Å²) in [5.74, 6) is -0.982. The topological polar surface area (TPSA) is 61.1 Å². The Morgan fingerprint density at radius 1 is 1.64 bits per heavy atom. The van der Waals surface area contributed by atoms with Gasteiger partial charge in [0.1, 0.15) is 0 Å². The van der Waals surface area contributed by atoms with Crippen LogP contribution in [0.3, 0.4) is 0 Å². The Morgan fingerprint density at radius 3 is 2.79 bits per heavy atom. The molecule has 0 aliphatic carbocycles. The molecule has 0 radical (unpaired) electrons. The lowest BCUT2D eigenvalue weighted by molar-refractivity contribution is -0.136. The molecule has 1 rings (SSSR count). The van der Waals surface area contributed by atoms with E-state index in [4.69, 9.17) is 22.0 Å². The molecule has 1 aromatic carbocycles. The first kappa shape index (κ1) is 11.0. The van der Waals surface area contributed by atoms with E-state index in [-0.39, 0.29) is 12.0 Å². The zero-order valence-corrected chi connectivity index (χ0v) is 9.26. The lowest BCUT2D eigenvalue weighted by Gasteiger charge is -2.04. The zero-order chi connectivity index (χ0) is 10.7.